The van der Waals surface area contributed by atoms with Gasteiger partial charge in [-0.15, -0.1) is 0 Å². The fraction of sp³-hybridized carbons (Fsp3) is 0.435. The van der Waals surface area contributed by atoms with E-state index in [1.165, 1.54) is 24.3 Å². The second-order valence-corrected chi connectivity index (χ2v) is 10.1. The predicted octanol–water partition coefficient (Wildman–Crippen LogP) is 4.28. The van der Waals surface area contributed by atoms with E-state index in [1.54, 1.807) is 25.1 Å². The fourth-order valence-corrected chi connectivity index (χ4v) is 5.45. The summed E-state index contributed by atoms with van der Waals surface area (Å²) in [6.07, 6.45) is -2.64. The van der Waals surface area contributed by atoms with Crippen molar-refractivity contribution in [3.63, 3.8) is 0 Å². The molecule has 1 aliphatic heterocycles. The number of alkyl halides is 3. The van der Waals surface area contributed by atoms with E-state index in [9.17, 15) is 26.4 Å². The van der Waals surface area contributed by atoms with Gasteiger partial charge in [-0.05, 0) is 43.0 Å². The SMILES string of the molecule is CCCS(=O)(=O)c1ccccc1C(=O)NC1CCN(Cc2cccc(C(F)(F)F)c2)CC1. The number of amides is 1. The average molecular weight is 469 g/mol. The molecule has 1 fully saturated rings. The highest BCUT2D eigenvalue weighted by Crippen LogP contribution is 2.30. The Bertz CT molecular complexity index is 1050. The normalized spacial score (nSPS) is 16.1. The molecule has 3 rings (SSSR count). The molecule has 0 aliphatic carbocycles. The monoisotopic (exact) mass is 468 g/mol. The summed E-state index contributed by atoms with van der Waals surface area (Å²) in [5.41, 5.74) is 0.0820. The number of nitrogens with zero attached hydrogens (tertiary/aromatic N) is 1. The Labute approximate surface area is 186 Å². The van der Waals surface area contributed by atoms with E-state index in [1.807, 2.05) is 0 Å². The van der Waals surface area contributed by atoms with Crippen LogP contribution in [0.3, 0.4) is 0 Å². The Kier molecular flexibility index (Phi) is 7.61. The van der Waals surface area contributed by atoms with Gasteiger partial charge in [-0.3, -0.25) is 9.69 Å². The molecule has 9 heteroatoms. The molecule has 0 spiro atoms. The Hall–Kier alpha value is -2.39. The molecule has 0 saturated carbocycles. The molecule has 32 heavy (non-hydrogen) atoms. The van der Waals surface area contributed by atoms with E-state index in [4.69, 9.17) is 0 Å². The summed E-state index contributed by atoms with van der Waals surface area (Å²) >= 11 is 0. The van der Waals surface area contributed by atoms with Crippen LogP contribution in [0.25, 0.3) is 0 Å². The maximum Gasteiger partial charge on any atom is 0.416 e. The first-order valence-electron chi connectivity index (χ1n) is 10.6. The van der Waals surface area contributed by atoms with Crippen LogP contribution in [0.4, 0.5) is 13.2 Å². The first-order chi connectivity index (χ1) is 15.1. The largest absolute Gasteiger partial charge is 0.416 e. The van der Waals surface area contributed by atoms with Crippen molar-refractivity contribution in [1.82, 2.24) is 10.2 Å². The molecule has 2 aromatic carbocycles. The predicted molar refractivity (Wildman–Crippen MR) is 116 cm³/mol. The first-order valence-corrected chi connectivity index (χ1v) is 12.3. The molecule has 1 saturated heterocycles. The number of benzene rings is 2. The van der Waals surface area contributed by atoms with Crippen LogP contribution in [-0.2, 0) is 22.6 Å². The van der Waals surface area contributed by atoms with Gasteiger partial charge in [0.2, 0.25) is 0 Å². The van der Waals surface area contributed by atoms with Gasteiger partial charge in [0.15, 0.2) is 9.84 Å². The lowest BCUT2D eigenvalue weighted by molar-refractivity contribution is -0.137. The number of sulfone groups is 1. The molecule has 0 unspecified atom stereocenters. The van der Waals surface area contributed by atoms with Crippen molar-refractivity contribution in [1.29, 1.82) is 0 Å². The lowest BCUT2D eigenvalue weighted by Crippen LogP contribution is -2.44. The number of halogens is 3. The van der Waals surface area contributed by atoms with Crippen LogP contribution in [0.5, 0.6) is 0 Å². The van der Waals surface area contributed by atoms with E-state index in [0.29, 0.717) is 44.5 Å². The summed E-state index contributed by atoms with van der Waals surface area (Å²) in [6.45, 7) is 3.42. The molecule has 174 valence electrons. The van der Waals surface area contributed by atoms with Crippen LogP contribution in [0.15, 0.2) is 53.4 Å². The highest BCUT2D eigenvalue weighted by molar-refractivity contribution is 7.91. The highest BCUT2D eigenvalue weighted by atomic mass is 32.2. The summed E-state index contributed by atoms with van der Waals surface area (Å²) in [7, 11) is -3.53. The molecular formula is C23H27F3N2O3S. The van der Waals surface area contributed by atoms with Crippen molar-refractivity contribution >= 4 is 15.7 Å². The third-order valence-corrected chi connectivity index (χ3v) is 7.49. The van der Waals surface area contributed by atoms with Crippen LogP contribution >= 0.6 is 0 Å². The number of nitrogens with one attached hydrogen (secondary N) is 1. The number of hydrogen-bond donors (Lipinski definition) is 1. The molecule has 0 bridgehead atoms. The zero-order chi connectivity index (χ0) is 23.4. The molecule has 5 nitrogen and oxygen atoms in total. The fourth-order valence-electron chi connectivity index (χ4n) is 3.91. The molecule has 1 amide bonds. The maximum absolute atomic E-state index is 12.9. The number of rotatable bonds is 7. The van der Waals surface area contributed by atoms with Gasteiger partial charge < -0.3 is 5.32 Å². The van der Waals surface area contributed by atoms with Crippen LogP contribution in [-0.4, -0.2) is 44.1 Å². The van der Waals surface area contributed by atoms with E-state index in [-0.39, 0.29) is 22.3 Å². The van der Waals surface area contributed by atoms with Gasteiger partial charge in [0, 0.05) is 25.7 Å². The summed E-state index contributed by atoms with van der Waals surface area (Å²) in [4.78, 5) is 14.9. The number of carbonyl (C=O) groups excluding carboxylic acids is 1. The van der Waals surface area contributed by atoms with E-state index in [0.717, 1.165) is 6.07 Å². The number of piperidine rings is 1. The van der Waals surface area contributed by atoms with Gasteiger partial charge in [0.05, 0.1) is 21.8 Å². The standard InChI is InChI=1S/C23H27F3N2O3S/c1-2-14-32(30,31)21-9-4-3-8-20(21)22(29)27-19-10-12-28(13-11-19)16-17-6-5-7-18(15-17)23(24,25)26/h3-9,15,19H,2,10-14,16H2,1H3,(H,27,29). The van der Waals surface area contributed by atoms with Crippen LogP contribution in [0.1, 0.15) is 47.7 Å². The van der Waals surface area contributed by atoms with Gasteiger partial charge in [-0.25, -0.2) is 8.42 Å². The molecule has 1 heterocycles. The summed E-state index contributed by atoms with van der Waals surface area (Å²) in [5, 5.41) is 2.92. The van der Waals surface area contributed by atoms with Crippen LogP contribution in [0.2, 0.25) is 0 Å². The van der Waals surface area contributed by atoms with Crippen LogP contribution < -0.4 is 5.32 Å². The smallest absolute Gasteiger partial charge is 0.349 e. The zero-order valence-electron chi connectivity index (χ0n) is 17.9. The number of carbonyl (C=O) groups is 1. The van der Waals surface area contributed by atoms with E-state index >= 15 is 0 Å². The first kappa shape index (κ1) is 24.3. The lowest BCUT2D eigenvalue weighted by atomic mass is 10.0. The second-order valence-electron chi connectivity index (χ2n) is 8.04. The number of likely N-dealkylation sites (tertiary alicyclic amines) is 1. The van der Waals surface area contributed by atoms with Gasteiger partial charge in [0.1, 0.15) is 0 Å². The minimum Gasteiger partial charge on any atom is -0.349 e. The van der Waals surface area contributed by atoms with Crippen molar-refractivity contribution in [2.24, 2.45) is 0 Å². The Morgan fingerprint density at radius 2 is 1.78 bits per heavy atom. The molecule has 0 aromatic heterocycles. The third-order valence-electron chi connectivity index (χ3n) is 5.52. The second kappa shape index (κ2) is 10.0. The molecule has 0 radical (unpaired) electrons. The minimum atomic E-state index is -4.37. The van der Waals surface area contributed by atoms with Gasteiger partial charge in [0.25, 0.3) is 5.91 Å². The van der Waals surface area contributed by atoms with Crippen molar-refractivity contribution in [2.75, 3.05) is 18.8 Å². The minimum absolute atomic E-state index is 0.0226. The zero-order valence-corrected chi connectivity index (χ0v) is 18.7. The Morgan fingerprint density at radius 3 is 2.44 bits per heavy atom. The Morgan fingerprint density at radius 1 is 1.09 bits per heavy atom. The summed E-state index contributed by atoms with van der Waals surface area (Å²) in [5.74, 6) is -0.442. The van der Waals surface area contributed by atoms with Crippen molar-refractivity contribution in [2.45, 2.75) is 49.8 Å². The average Bonchev–Trinajstić information content (AvgIpc) is 2.75. The van der Waals surface area contributed by atoms with Crippen molar-refractivity contribution in [3.8, 4) is 0 Å². The molecule has 2 aromatic rings. The van der Waals surface area contributed by atoms with Gasteiger partial charge >= 0.3 is 6.18 Å². The van der Waals surface area contributed by atoms with Crippen LogP contribution in [0, 0.1) is 0 Å². The molecular weight excluding hydrogens is 441 g/mol. The number of hydrogen-bond acceptors (Lipinski definition) is 4. The van der Waals surface area contributed by atoms with Crippen molar-refractivity contribution < 1.29 is 26.4 Å². The molecule has 1 N–H and O–H groups in total. The maximum atomic E-state index is 12.9. The molecule has 0 atom stereocenters. The summed E-state index contributed by atoms with van der Waals surface area (Å²) < 4.78 is 63.7. The van der Waals surface area contributed by atoms with E-state index < -0.39 is 27.5 Å². The van der Waals surface area contributed by atoms with Gasteiger partial charge in [-0.1, -0.05) is 37.3 Å². The Balaban J connectivity index is 1.59. The third kappa shape index (κ3) is 6.10. The quantitative estimate of drug-likeness (QED) is 0.659. The topological polar surface area (TPSA) is 66.5 Å². The van der Waals surface area contributed by atoms with E-state index in [2.05, 4.69) is 10.2 Å². The van der Waals surface area contributed by atoms with Gasteiger partial charge in [-0.2, -0.15) is 13.2 Å². The summed E-state index contributed by atoms with van der Waals surface area (Å²) in [6, 6.07) is 11.4. The van der Waals surface area contributed by atoms with Crippen molar-refractivity contribution in [3.05, 3.63) is 65.2 Å². The highest BCUT2D eigenvalue weighted by Gasteiger charge is 2.31. The lowest BCUT2D eigenvalue weighted by Gasteiger charge is -2.32. The molecule has 1 aliphatic rings.